The molecule has 224 valence electrons. The summed E-state index contributed by atoms with van der Waals surface area (Å²) in [6, 6.07) is 17.7. The lowest BCUT2D eigenvalue weighted by Crippen LogP contribution is -2.66. The van der Waals surface area contributed by atoms with Crippen LogP contribution in [0.25, 0.3) is 0 Å². The zero-order valence-corrected chi connectivity index (χ0v) is 28.8. The Morgan fingerprint density at radius 2 is 1.16 bits per heavy atom. The standard InChI is InChI=1S/C40H51BN2/c1-35(2,3)24-20-26-33-28(22-24)41-29-23-25(36(4,5)6)21-27-34(29)43(40(12)19-14-13-18-39(27,40)11)31-17-15-16-30(32(31)41)42(33)38(9,10)37(26,7)8/h15-17,20-23H,13-14,18-19H2,1-12H3. The number of anilines is 4. The topological polar surface area (TPSA) is 6.48 Å². The van der Waals surface area contributed by atoms with Gasteiger partial charge in [0.05, 0.1) is 5.54 Å². The van der Waals surface area contributed by atoms with Crippen LogP contribution in [0.1, 0.15) is 131 Å². The number of benzene rings is 3. The highest BCUT2D eigenvalue weighted by Gasteiger charge is 2.63. The third-order valence-corrected chi connectivity index (χ3v) is 13.5. The Morgan fingerprint density at radius 1 is 0.651 bits per heavy atom. The third kappa shape index (κ3) is 3.04. The maximum atomic E-state index is 2.87. The van der Waals surface area contributed by atoms with E-state index in [1.54, 1.807) is 16.5 Å². The van der Waals surface area contributed by atoms with Crippen molar-refractivity contribution < 1.29 is 0 Å². The third-order valence-electron chi connectivity index (χ3n) is 13.5. The van der Waals surface area contributed by atoms with Gasteiger partial charge in [0.25, 0.3) is 6.71 Å². The molecule has 1 fully saturated rings. The molecule has 0 amide bonds. The average molecular weight is 571 g/mol. The zero-order valence-electron chi connectivity index (χ0n) is 28.8. The van der Waals surface area contributed by atoms with Crippen LogP contribution in [0.3, 0.4) is 0 Å². The lowest BCUT2D eigenvalue weighted by molar-refractivity contribution is 0.195. The summed E-state index contributed by atoms with van der Waals surface area (Å²) in [7, 11) is 0. The maximum Gasteiger partial charge on any atom is 0.252 e. The van der Waals surface area contributed by atoms with Gasteiger partial charge in [0.1, 0.15) is 0 Å². The molecule has 43 heavy (non-hydrogen) atoms. The molecule has 0 aromatic heterocycles. The summed E-state index contributed by atoms with van der Waals surface area (Å²) in [5.41, 5.74) is 16.9. The highest BCUT2D eigenvalue weighted by atomic mass is 15.3. The minimum Gasteiger partial charge on any atom is -0.336 e. The van der Waals surface area contributed by atoms with Gasteiger partial charge in [-0.3, -0.25) is 0 Å². The molecule has 1 saturated carbocycles. The molecule has 0 bridgehead atoms. The maximum absolute atomic E-state index is 2.87. The van der Waals surface area contributed by atoms with Gasteiger partial charge in [0.2, 0.25) is 0 Å². The van der Waals surface area contributed by atoms with Gasteiger partial charge in [0.15, 0.2) is 0 Å². The number of hydrogen-bond donors (Lipinski definition) is 0. The van der Waals surface area contributed by atoms with E-state index in [0.717, 1.165) is 0 Å². The van der Waals surface area contributed by atoms with E-state index in [2.05, 4.69) is 135 Å². The van der Waals surface area contributed by atoms with Crippen molar-refractivity contribution in [2.24, 2.45) is 0 Å². The predicted octanol–water partition coefficient (Wildman–Crippen LogP) is 8.37. The molecule has 0 radical (unpaired) electrons. The molecule has 0 spiro atoms. The van der Waals surface area contributed by atoms with E-state index in [1.165, 1.54) is 70.6 Å². The van der Waals surface area contributed by atoms with Gasteiger partial charge in [-0.2, -0.15) is 0 Å². The largest absolute Gasteiger partial charge is 0.336 e. The first-order chi connectivity index (χ1) is 19.9. The summed E-state index contributed by atoms with van der Waals surface area (Å²) >= 11 is 0. The SMILES string of the molecule is CC(C)(C)c1cc2c3c(c1)C(C)(C)C(C)(C)N3c1cccc3c1B2c1cc(C(C)(C)C)cc2c1N3C1(C)CCCCC21C. The molecule has 2 atom stereocenters. The summed E-state index contributed by atoms with van der Waals surface area (Å²) < 4.78 is 0. The fourth-order valence-electron chi connectivity index (χ4n) is 9.94. The van der Waals surface area contributed by atoms with E-state index < -0.39 is 0 Å². The van der Waals surface area contributed by atoms with Crippen molar-refractivity contribution in [2.45, 2.75) is 142 Å². The molecule has 3 aromatic carbocycles. The Bertz CT molecular complexity index is 1750. The van der Waals surface area contributed by atoms with Crippen LogP contribution in [0, 0.1) is 0 Å². The molecule has 0 saturated heterocycles. The summed E-state index contributed by atoms with van der Waals surface area (Å²) in [5, 5.41) is 0. The molecule has 0 N–H and O–H groups in total. The summed E-state index contributed by atoms with van der Waals surface area (Å²) in [6.45, 7) is 29.8. The van der Waals surface area contributed by atoms with Crippen LogP contribution >= 0.6 is 0 Å². The molecular weight excluding hydrogens is 519 g/mol. The van der Waals surface area contributed by atoms with E-state index in [4.69, 9.17) is 0 Å². The van der Waals surface area contributed by atoms with Gasteiger partial charge in [-0.25, -0.2) is 0 Å². The highest BCUT2D eigenvalue weighted by Crippen LogP contribution is 2.63. The second-order valence-corrected chi connectivity index (χ2v) is 18.2. The molecule has 3 heteroatoms. The molecule has 4 heterocycles. The van der Waals surface area contributed by atoms with E-state index in [-0.39, 0.29) is 39.5 Å². The smallest absolute Gasteiger partial charge is 0.252 e. The van der Waals surface area contributed by atoms with Gasteiger partial charge < -0.3 is 9.80 Å². The van der Waals surface area contributed by atoms with E-state index in [9.17, 15) is 0 Å². The fraction of sp³-hybridized carbons (Fsp3) is 0.550. The van der Waals surface area contributed by atoms with Crippen LogP contribution in [0.15, 0.2) is 42.5 Å². The number of fused-ring (bicyclic) bond motifs is 7. The van der Waals surface area contributed by atoms with Crippen molar-refractivity contribution in [1.29, 1.82) is 0 Å². The lowest BCUT2D eigenvalue weighted by Gasteiger charge is -2.53. The molecule has 2 unspecified atom stereocenters. The Morgan fingerprint density at radius 3 is 1.74 bits per heavy atom. The molecule has 3 aromatic rings. The van der Waals surface area contributed by atoms with Crippen molar-refractivity contribution in [2.75, 3.05) is 9.80 Å². The predicted molar refractivity (Wildman–Crippen MR) is 187 cm³/mol. The van der Waals surface area contributed by atoms with Gasteiger partial charge in [-0.1, -0.05) is 105 Å². The Kier molecular flexibility index (Phi) is 5.02. The Labute approximate surface area is 261 Å². The second kappa shape index (κ2) is 7.75. The molecule has 2 nitrogen and oxygen atoms in total. The Balaban J connectivity index is 1.56. The quantitative estimate of drug-likeness (QED) is 0.251. The van der Waals surface area contributed by atoms with Crippen molar-refractivity contribution >= 4 is 45.9 Å². The Hall–Kier alpha value is -2.68. The van der Waals surface area contributed by atoms with Crippen molar-refractivity contribution in [3.05, 3.63) is 64.7 Å². The van der Waals surface area contributed by atoms with Gasteiger partial charge in [-0.05, 0) is 95.2 Å². The van der Waals surface area contributed by atoms with Crippen LogP contribution in [0.2, 0.25) is 0 Å². The summed E-state index contributed by atoms with van der Waals surface area (Å²) in [5.74, 6) is 0. The minimum absolute atomic E-state index is 0.000484. The first-order valence-corrected chi connectivity index (χ1v) is 17.0. The van der Waals surface area contributed by atoms with Crippen LogP contribution in [-0.4, -0.2) is 17.8 Å². The van der Waals surface area contributed by atoms with Gasteiger partial charge in [0, 0.05) is 39.1 Å². The van der Waals surface area contributed by atoms with Crippen LogP contribution in [-0.2, 0) is 21.7 Å². The first-order valence-electron chi connectivity index (χ1n) is 17.0. The van der Waals surface area contributed by atoms with E-state index >= 15 is 0 Å². The van der Waals surface area contributed by atoms with Crippen LogP contribution < -0.4 is 26.2 Å². The average Bonchev–Trinajstić information content (AvgIpc) is 3.22. The molecule has 5 aliphatic rings. The molecular formula is C40H51BN2. The minimum atomic E-state index is -0.0619. The molecule has 8 rings (SSSR count). The van der Waals surface area contributed by atoms with Gasteiger partial charge >= 0.3 is 0 Å². The fourth-order valence-corrected chi connectivity index (χ4v) is 9.94. The number of rotatable bonds is 0. The van der Waals surface area contributed by atoms with Crippen molar-refractivity contribution in [3.63, 3.8) is 0 Å². The summed E-state index contributed by atoms with van der Waals surface area (Å²) in [6.07, 6.45) is 5.14. The van der Waals surface area contributed by atoms with Crippen molar-refractivity contribution in [3.8, 4) is 0 Å². The normalized spacial score (nSPS) is 27.1. The van der Waals surface area contributed by atoms with Gasteiger partial charge in [-0.15, -0.1) is 0 Å². The second-order valence-electron chi connectivity index (χ2n) is 18.2. The lowest BCUT2D eigenvalue weighted by atomic mass is 9.33. The zero-order chi connectivity index (χ0) is 30.9. The molecule has 4 aliphatic heterocycles. The van der Waals surface area contributed by atoms with Crippen LogP contribution in [0.4, 0.5) is 22.7 Å². The monoisotopic (exact) mass is 570 g/mol. The van der Waals surface area contributed by atoms with E-state index in [1.807, 2.05) is 0 Å². The number of nitrogens with zero attached hydrogens (tertiary/aromatic N) is 2. The molecule has 1 aliphatic carbocycles. The highest BCUT2D eigenvalue weighted by molar-refractivity contribution is 7.00. The summed E-state index contributed by atoms with van der Waals surface area (Å²) in [4.78, 5) is 5.63. The van der Waals surface area contributed by atoms with Crippen molar-refractivity contribution in [1.82, 2.24) is 0 Å². The van der Waals surface area contributed by atoms with Crippen LogP contribution in [0.5, 0.6) is 0 Å². The van der Waals surface area contributed by atoms with E-state index in [0.29, 0.717) is 0 Å². The first kappa shape index (κ1) is 27.8. The number of hydrogen-bond acceptors (Lipinski definition) is 2.